The van der Waals surface area contributed by atoms with E-state index in [4.69, 9.17) is 74.3 Å². The minimum absolute atomic E-state index is 0.0555. The Bertz CT molecular complexity index is 1550. The highest BCUT2D eigenvalue weighted by Crippen LogP contribution is 2.77. The van der Waals surface area contributed by atoms with E-state index in [1.807, 2.05) is 0 Å². The molecule has 214 valence electrons. The largest absolute Gasteiger partial charge is 0.497 e. The Morgan fingerprint density at radius 1 is 0.976 bits per heavy atom. The van der Waals surface area contributed by atoms with Gasteiger partial charge in [0.15, 0.2) is 10.1 Å². The number of hydrazine groups is 1. The number of carbonyl (C=O) groups excluding carboxylic acids is 4. The first-order valence-electron chi connectivity index (χ1n) is 11.6. The van der Waals surface area contributed by atoms with E-state index in [9.17, 15) is 29.3 Å². The molecule has 2 fully saturated rings. The molecular weight excluding hydrogens is 667 g/mol. The summed E-state index contributed by atoms with van der Waals surface area (Å²) in [6, 6.07) is 10.7. The van der Waals surface area contributed by atoms with E-state index in [0.29, 0.717) is 15.8 Å². The summed E-state index contributed by atoms with van der Waals surface area (Å²) >= 11 is 39.2. The second-order valence-corrected chi connectivity index (χ2v) is 12.6. The van der Waals surface area contributed by atoms with Crippen LogP contribution < -0.4 is 4.74 Å². The highest BCUT2D eigenvalue weighted by molar-refractivity contribution is 6.66. The first kappa shape index (κ1) is 29.9. The standard InChI is InChI=1S/C25H15Cl6N3O7/c1-41-12-6-4-5-11(9-12)15(35)10-32(20(36)13-7-2-3-8-14(13)34(39)40)33-21(37)16-17(22(33)38)24(29)19(27)18(26)23(16,28)25(24,30)31/h2-9,16-17H,10H2,1H3/t16-,17-,23+,24+/m0/s1. The predicted octanol–water partition coefficient (Wildman–Crippen LogP) is 5.29. The molecule has 41 heavy (non-hydrogen) atoms. The Morgan fingerprint density at radius 2 is 1.54 bits per heavy atom. The molecule has 1 heterocycles. The van der Waals surface area contributed by atoms with Gasteiger partial charge in [0, 0.05) is 11.6 Å². The van der Waals surface area contributed by atoms with E-state index in [0.717, 1.165) is 12.1 Å². The molecule has 0 radical (unpaired) electrons. The maximum atomic E-state index is 14.0. The van der Waals surface area contributed by atoms with Crippen molar-refractivity contribution >= 4 is 98.8 Å². The third-order valence-electron chi connectivity index (χ3n) is 7.38. The van der Waals surface area contributed by atoms with Gasteiger partial charge in [-0.05, 0) is 18.2 Å². The average molecular weight is 682 g/mol. The van der Waals surface area contributed by atoms with Gasteiger partial charge in [-0.25, -0.2) is 5.01 Å². The number of amides is 3. The number of allylic oxidation sites excluding steroid dienone is 2. The lowest BCUT2D eigenvalue weighted by Crippen LogP contribution is -2.56. The van der Waals surface area contributed by atoms with Crippen molar-refractivity contribution in [2.45, 2.75) is 14.1 Å². The molecule has 4 atom stereocenters. The number of nitro groups is 1. The Labute approximate surface area is 261 Å². The van der Waals surface area contributed by atoms with Crippen LogP contribution in [0.25, 0.3) is 0 Å². The van der Waals surface area contributed by atoms with Gasteiger partial charge in [-0.15, -0.1) is 23.2 Å². The molecule has 3 amide bonds. The molecule has 2 aliphatic carbocycles. The Kier molecular flexibility index (Phi) is 7.29. The van der Waals surface area contributed by atoms with Gasteiger partial charge in [0.2, 0.25) is 0 Å². The minimum Gasteiger partial charge on any atom is -0.497 e. The predicted molar refractivity (Wildman–Crippen MR) is 151 cm³/mol. The zero-order valence-corrected chi connectivity index (χ0v) is 25.0. The van der Waals surface area contributed by atoms with Gasteiger partial charge >= 0.3 is 0 Å². The summed E-state index contributed by atoms with van der Waals surface area (Å²) in [6.45, 7) is -0.901. The minimum atomic E-state index is -2.23. The van der Waals surface area contributed by atoms with Crippen molar-refractivity contribution in [3.63, 3.8) is 0 Å². The average Bonchev–Trinajstić information content (AvgIpc) is 3.34. The molecule has 1 saturated heterocycles. The number of nitrogens with zero attached hydrogens (tertiary/aromatic N) is 3. The van der Waals surface area contributed by atoms with Crippen LogP contribution in [0.2, 0.25) is 0 Å². The first-order valence-corrected chi connectivity index (χ1v) is 13.8. The number of imide groups is 1. The fraction of sp³-hybridized carbons (Fsp3) is 0.280. The molecule has 0 N–H and O–H groups in total. The van der Waals surface area contributed by atoms with Gasteiger partial charge < -0.3 is 4.74 Å². The molecular formula is C25H15Cl6N3O7. The Hall–Kier alpha value is -2.60. The highest BCUT2D eigenvalue weighted by atomic mass is 35.5. The Morgan fingerprint density at radius 3 is 2.07 bits per heavy atom. The summed E-state index contributed by atoms with van der Waals surface area (Å²) in [5.74, 6) is -7.07. The number of nitro benzene ring substituents is 1. The molecule has 10 nitrogen and oxygen atoms in total. The lowest BCUT2D eigenvalue weighted by molar-refractivity contribution is -0.385. The van der Waals surface area contributed by atoms with Gasteiger partial charge in [0.05, 0.1) is 33.9 Å². The number of alkyl halides is 4. The topological polar surface area (TPSA) is 127 Å². The lowest BCUT2D eigenvalue weighted by atomic mass is 9.84. The van der Waals surface area contributed by atoms with E-state index < -0.39 is 72.1 Å². The van der Waals surface area contributed by atoms with E-state index in [2.05, 4.69) is 0 Å². The van der Waals surface area contributed by atoms with Gasteiger partial charge in [0.1, 0.15) is 27.6 Å². The molecule has 2 aromatic rings. The Balaban J connectivity index is 1.63. The van der Waals surface area contributed by atoms with Gasteiger partial charge in [-0.3, -0.25) is 29.3 Å². The zero-order chi connectivity index (χ0) is 30.2. The molecule has 5 rings (SSSR count). The fourth-order valence-corrected chi connectivity index (χ4v) is 8.36. The SMILES string of the molecule is COc1cccc(C(=O)CN(C(=O)c2ccccc2[N+](=O)[O-])N2C(=O)[C@@H]3[C@@H](C2=O)[C@@]2(Cl)C(Cl)=C(Cl)[C@@]3(Cl)C2(Cl)Cl)c1. The first-order chi connectivity index (χ1) is 19.2. The van der Waals surface area contributed by atoms with Crippen LogP contribution in [0.4, 0.5) is 5.69 Å². The number of ether oxygens (including phenoxy) is 1. The van der Waals surface area contributed by atoms with Crippen LogP contribution in [-0.2, 0) is 9.59 Å². The van der Waals surface area contributed by atoms with Crippen LogP contribution >= 0.6 is 69.6 Å². The molecule has 1 aliphatic heterocycles. The van der Waals surface area contributed by atoms with Crippen LogP contribution in [-0.4, -0.2) is 66.2 Å². The van der Waals surface area contributed by atoms with Crippen molar-refractivity contribution in [2.24, 2.45) is 11.8 Å². The number of benzene rings is 2. The molecule has 0 unspecified atom stereocenters. The van der Waals surface area contributed by atoms with Crippen molar-refractivity contribution in [1.82, 2.24) is 10.0 Å². The number of carbonyl (C=O) groups is 4. The van der Waals surface area contributed by atoms with E-state index in [-0.39, 0.29) is 15.6 Å². The number of methoxy groups -OCH3 is 1. The summed E-state index contributed by atoms with van der Waals surface area (Å²) in [5.41, 5.74) is -1.08. The molecule has 0 spiro atoms. The van der Waals surface area contributed by atoms with E-state index >= 15 is 0 Å². The van der Waals surface area contributed by atoms with Crippen LogP contribution in [0.1, 0.15) is 20.7 Å². The smallest absolute Gasteiger partial charge is 0.282 e. The summed E-state index contributed by atoms with van der Waals surface area (Å²) < 4.78 is 2.91. The summed E-state index contributed by atoms with van der Waals surface area (Å²) in [7, 11) is 1.38. The van der Waals surface area contributed by atoms with Crippen LogP contribution in [0.15, 0.2) is 58.6 Å². The van der Waals surface area contributed by atoms with Crippen LogP contribution in [0, 0.1) is 22.0 Å². The van der Waals surface area contributed by atoms with Crippen molar-refractivity contribution in [1.29, 1.82) is 0 Å². The zero-order valence-electron chi connectivity index (χ0n) is 20.4. The van der Waals surface area contributed by atoms with Crippen LogP contribution in [0.3, 0.4) is 0 Å². The number of Topliss-reactive ketones (excluding diaryl/α,β-unsaturated/α-hetero) is 1. The monoisotopic (exact) mass is 679 g/mol. The van der Waals surface area contributed by atoms with Crippen molar-refractivity contribution in [2.75, 3.05) is 13.7 Å². The lowest BCUT2D eigenvalue weighted by Gasteiger charge is -2.36. The number of hydrogen-bond donors (Lipinski definition) is 0. The number of ketones is 1. The second-order valence-electron chi connectivity index (χ2n) is 9.36. The van der Waals surface area contributed by atoms with Crippen molar-refractivity contribution in [3.8, 4) is 5.75 Å². The van der Waals surface area contributed by atoms with Gasteiger partial charge in [-0.2, -0.15) is 5.01 Å². The van der Waals surface area contributed by atoms with E-state index in [1.54, 1.807) is 6.07 Å². The third kappa shape index (κ3) is 3.85. The van der Waals surface area contributed by atoms with Gasteiger partial charge in [-0.1, -0.05) is 70.7 Å². The maximum absolute atomic E-state index is 14.0. The number of rotatable bonds is 7. The third-order valence-corrected chi connectivity index (χ3v) is 11.6. The molecule has 2 aromatic carbocycles. The normalized spacial score (nSPS) is 27.7. The number of para-hydroxylation sites is 1. The second kappa shape index (κ2) is 10.00. The summed E-state index contributed by atoms with van der Waals surface area (Å²) in [5, 5.41) is 11.9. The molecule has 0 aromatic heterocycles. The summed E-state index contributed by atoms with van der Waals surface area (Å²) in [4.78, 5) is 61.7. The molecule has 16 heteroatoms. The van der Waals surface area contributed by atoms with Gasteiger partial charge in [0.25, 0.3) is 23.4 Å². The molecule has 2 bridgehead atoms. The highest BCUT2D eigenvalue weighted by Gasteiger charge is 2.88. The quantitative estimate of drug-likeness (QED) is 0.128. The molecule has 3 aliphatic rings. The number of hydrogen-bond acceptors (Lipinski definition) is 7. The number of fused-ring (bicyclic) bond motifs is 5. The number of halogens is 6. The maximum Gasteiger partial charge on any atom is 0.282 e. The van der Waals surface area contributed by atoms with Crippen molar-refractivity contribution < 1.29 is 28.8 Å². The molecule has 1 saturated carbocycles. The fourth-order valence-electron chi connectivity index (χ4n) is 5.43. The van der Waals surface area contributed by atoms with E-state index in [1.165, 1.54) is 37.4 Å². The van der Waals surface area contributed by atoms with Crippen LogP contribution in [0.5, 0.6) is 5.75 Å². The summed E-state index contributed by atoms with van der Waals surface area (Å²) in [6.07, 6.45) is 0. The van der Waals surface area contributed by atoms with Crippen molar-refractivity contribution in [3.05, 3.63) is 79.8 Å².